The first kappa shape index (κ1) is 15.5. The molecule has 7 heteroatoms. The maximum Gasteiger partial charge on any atom is 0.260 e. The molecule has 0 aliphatic heterocycles. The first-order valence-corrected chi connectivity index (χ1v) is 6.36. The monoisotopic (exact) mass is 330 g/mol. The van der Waals surface area contributed by atoms with Gasteiger partial charge in [0.2, 0.25) is 5.91 Å². The van der Waals surface area contributed by atoms with Crippen molar-refractivity contribution in [3.05, 3.63) is 28.7 Å². The van der Waals surface area contributed by atoms with Crippen LogP contribution in [0.15, 0.2) is 28.7 Å². The molecule has 4 N–H and O–H groups in total. The van der Waals surface area contributed by atoms with E-state index >= 15 is 0 Å². The SMILES string of the molecule is CC(Oc1ccc(Br)cc1)C(=O)NCC(O)C(N)=O. The number of aliphatic hydroxyl groups is 1. The van der Waals surface area contributed by atoms with Gasteiger partial charge >= 0.3 is 0 Å². The van der Waals surface area contributed by atoms with Crippen LogP contribution in [0, 0.1) is 0 Å². The summed E-state index contributed by atoms with van der Waals surface area (Å²) in [5.74, 6) is -0.786. The van der Waals surface area contributed by atoms with E-state index in [-0.39, 0.29) is 6.54 Å². The van der Waals surface area contributed by atoms with Crippen molar-refractivity contribution in [3.8, 4) is 5.75 Å². The number of carbonyl (C=O) groups is 2. The Morgan fingerprint density at radius 3 is 2.53 bits per heavy atom. The largest absolute Gasteiger partial charge is 0.481 e. The van der Waals surface area contributed by atoms with Crippen LogP contribution in [-0.4, -0.2) is 35.7 Å². The number of hydrogen-bond donors (Lipinski definition) is 3. The van der Waals surface area contributed by atoms with Crippen molar-refractivity contribution in [1.82, 2.24) is 5.32 Å². The number of halogens is 1. The Morgan fingerprint density at radius 2 is 2.00 bits per heavy atom. The number of primary amides is 1. The summed E-state index contributed by atoms with van der Waals surface area (Å²) in [5, 5.41) is 11.5. The Bertz CT molecular complexity index is 450. The van der Waals surface area contributed by atoms with Gasteiger partial charge in [0, 0.05) is 4.47 Å². The number of amides is 2. The van der Waals surface area contributed by atoms with Crippen LogP contribution in [-0.2, 0) is 9.59 Å². The molecule has 1 rings (SSSR count). The second kappa shape index (κ2) is 7.10. The molecule has 0 bridgehead atoms. The van der Waals surface area contributed by atoms with Gasteiger partial charge in [-0.3, -0.25) is 9.59 Å². The summed E-state index contributed by atoms with van der Waals surface area (Å²) >= 11 is 3.29. The smallest absolute Gasteiger partial charge is 0.260 e. The minimum atomic E-state index is -1.40. The van der Waals surface area contributed by atoms with Gasteiger partial charge in [0.15, 0.2) is 6.10 Å². The summed E-state index contributed by atoms with van der Waals surface area (Å²) in [7, 11) is 0. The molecule has 2 amide bonds. The minimum Gasteiger partial charge on any atom is -0.481 e. The van der Waals surface area contributed by atoms with Crippen LogP contribution < -0.4 is 15.8 Å². The van der Waals surface area contributed by atoms with E-state index in [1.165, 1.54) is 0 Å². The van der Waals surface area contributed by atoms with Gasteiger partial charge < -0.3 is 20.9 Å². The molecule has 0 aromatic heterocycles. The van der Waals surface area contributed by atoms with Gasteiger partial charge in [0.25, 0.3) is 5.91 Å². The van der Waals surface area contributed by atoms with Crippen LogP contribution in [0.5, 0.6) is 5.75 Å². The molecule has 104 valence electrons. The van der Waals surface area contributed by atoms with Gasteiger partial charge in [-0.2, -0.15) is 0 Å². The minimum absolute atomic E-state index is 0.234. The quantitative estimate of drug-likeness (QED) is 0.692. The molecule has 0 saturated heterocycles. The van der Waals surface area contributed by atoms with Gasteiger partial charge in [-0.25, -0.2) is 0 Å². The Hall–Kier alpha value is -1.60. The highest BCUT2D eigenvalue weighted by Gasteiger charge is 2.17. The van der Waals surface area contributed by atoms with E-state index in [1.54, 1.807) is 31.2 Å². The van der Waals surface area contributed by atoms with Crippen molar-refractivity contribution < 1.29 is 19.4 Å². The fraction of sp³-hybridized carbons (Fsp3) is 0.333. The number of rotatable bonds is 6. The van der Waals surface area contributed by atoms with Gasteiger partial charge in [-0.05, 0) is 31.2 Å². The van der Waals surface area contributed by atoms with Crippen molar-refractivity contribution >= 4 is 27.7 Å². The molecule has 2 unspecified atom stereocenters. The molecule has 0 radical (unpaired) electrons. The third-order valence-corrected chi connectivity index (χ3v) is 2.82. The lowest BCUT2D eigenvalue weighted by atomic mass is 10.3. The second-order valence-corrected chi connectivity index (χ2v) is 4.79. The standard InChI is InChI=1S/C12H15BrN2O4/c1-7(12(18)15-6-10(16)11(14)17)19-9-4-2-8(13)3-5-9/h2-5,7,10,16H,6H2,1H3,(H2,14,17)(H,15,18). The highest BCUT2D eigenvalue weighted by atomic mass is 79.9. The fourth-order valence-corrected chi connectivity index (χ4v) is 1.48. The molecule has 6 nitrogen and oxygen atoms in total. The topological polar surface area (TPSA) is 102 Å². The average molecular weight is 331 g/mol. The molecule has 1 aromatic carbocycles. The van der Waals surface area contributed by atoms with Crippen LogP contribution in [0.4, 0.5) is 0 Å². The van der Waals surface area contributed by atoms with Crippen LogP contribution in [0.1, 0.15) is 6.92 Å². The number of ether oxygens (including phenoxy) is 1. The molecular formula is C12H15BrN2O4. The number of hydrogen-bond acceptors (Lipinski definition) is 4. The third-order valence-electron chi connectivity index (χ3n) is 2.29. The number of nitrogens with one attached hydrogen (secondary N) is 1. The van der Waals surface area contributed by atoms with Crippen LogP contribution in [0.3, 0.4) is 0 Å². The van der Waals surface area contributed by atoms with Gasteiger partial charge in [0.05, 0.1) is 6.54 Å². The maximum atomic E-state index is 11.6. The van der Waals surface area contributed by atoms with Crippen LogP contribution in [0.25, 0.3) is 0 Å². The molecule has 0 fully saturated rings. The lowest BCUT2D eigenvalue weighted by molar-refractivity contribution is -0.129. The Kier molecular flexibility index (Phi) is 5.78. The van der Waals surface area contributed by atoms with E-state index in [0.717, 1.165) is 4.47 Å². The third kappa shape index (κ3) is 5.27. The lowest BCUT2D eigenvalue weighted by Gasteiger charge is -2.15. The number of benzene rings is 1. The van der Waals surface area contributed by atoms with Crippen molar-refractivity contribution in [1.29, 1.82) is 0 Å². The Labute approximate surface area is 119 Å². The molecule has 0 saturated carbocycles. The van der Waals surface area contributed by atoms with E-state index in [4.69, 9.17) is 15.6 Å². The molecular weight excluding hydrogens is 316 g/mol. The Morgan fingerprint density at radius 1 is 1.42 bits per heavy atom. The predicted octanol–water partition coefficient (Wildman–Crippen LogP) is 0.179. The number of aliphatic hydroxyl groups excluding tert-OH is 1. The van der Waals surface area contributed by atoms with E-state index < -0.39 is 24.0 Å². The van der Waals surface area contributed by atoms with Crippen molar-refractivity contribution in [2.75, 3.05) is 6.54 Å². The highest BCUT2D eigenvalue weighted by Crippen LogP contribution is 2.17. The van der Waals surface area contributed by atoms with Crippen molar-refractivity contribution in [2.24, 2.45) is 5.73 Å². The fourth-order valence-electron chi connectivity index (χ4n) is 1.21. The normalized spacial score (nSPS) is 13.4. The first-order chi connectivity index (χ1) is 8.90. The summed E-state index contributed by atoms with van der Waals surface area (Å²) in [5.41, 5.74) is 4.86. The average Bonchev–Trinajstić information content (AvgIpc) is 2.37. The first-order valence-electron chi connectivity index (χ1n) is 5.57. The molecule has 0 aliphatic rings. The summed E-state index contributed by atoms with van der Waals surface area (Å²) in [6.45, 7) is 1.33. The van der Waals surface area contributed by atoms with Gasteiger partial charge in [-0.1, -0.05) is 15.9 Å². The van der Waals surface area contributed by atoms with E-state index in [9.17, 15) is 9.59 Å². The molecule has 0 aliphatic carbocycles. The summed E-state index contributed by atoms with van der Waals surface area (Å²) in [4.78, 5) is 22.2. The van der Waals surface area contributed by atoms with Gasteiger partial charge in [0.1, 0.15) is 11.9 Å². The zero-order valence-corrected chi connectivity index (χ0v) is 11.9. The summed E-state index contributed by atoms with van der Waals surface area (Å²) in [6.07, 6.45) is -2.15. The second-order valence-electron chi connectivity index (χ2n) is 3.88. The van der Waals surface area contributed by atoms with Crippen LogP contribution in [0.2, 0.25) is 0 Å². The van der Waals surface area contributed by atoms with E-state index in [0.29, 0.717) is 5.75 Å². The van der Waals surface area contributed by atoms with Crippen molar-refractivity contribution in [3.63, 3.8) is 0 Å². The zero-order chi connectivity index (χ0) is 14.4. The van der Waals surface area contributed by atoms with Gasteiger partial charge in [-0.15, -0.1) is 0 Å². The zero-order valence-electron chi connectivity index (χ0n) is 10.3. The lowest BCUT2D eigenvalue weighted by Crippen LogP contribution is -2.44. The predicted molar refractivity (Wildman–Crippen MR) is 72.4 cm³/mol. The molecule has 2 atom stereocenters. The number of nitrogens with two attached hydrogens (primary N) is 1. The Balaban J connectivity index is 2.44. The number of carbonyl (C=O) groups excluding carboxylic acids is 2. The van der Waals surface area contributed by atoms with E-state index in [1.807, 2.05) is 0 Å². The molecule has 1 aromatic rings. The van der Waals surface area contributed by atoms with Crippen molar-refractivity contribution in [2.45, 2.75) is 19.1 Å². The van der Waals surface area contributed by atoms with Crippen LogP contribution >= 0.6 is 15.9 Å². The molecule has 0 heterocycles. The summed E-state index contributed by atoms with van der Waals surface area (Å²) < 4.78 is 6.30. The molecule has 19 heavy (non-hydrogen) atoms. The maximum absolute atomic E-state index is 11.6. The molecule has 0 spiro atoms. The highest BCUT2D eigenvalue weighted by molar-refractivity contribution is 9.10. The summed E-state index contributed by atoms with van der Waals surface area (Å²) in [6, 6.07) is 7.01. The van der Waals surface area contributed by atoms with E-state index in [2.05, 4.69) is 21.2 Å².